The highest BCUT2D eigenvalue weighted by Crippen LogP contribution is 2.27. The van der Waals surface area contributed by atoms with Gasteiger partial charge in [0.25, 0.3) is 0 Å². The van der Waals surface area contributed by atoms with Crippen LogP contribution in [0.1, 0.15) is 24.5 Å². The number of fused-ring (bicyclic) bond motifs is 1. The van der Waals surface area contributed by atoms with Crippen LogP contribution < -0.4 is 0 Å². The summed E-state index contributed by atoms with van der Waals surface area (Å²) in [4.78, 5) is 11.0. The Kier molecular flexibility index (Phi) is 3.06. The molecule has 1 aliphatic rings. The molecule has 0 atom stereocenters. The number of carbonyl (C=O) groups is 1. The van der Waals surface area contributed by atoms with Crippen molar-refractivity contribution in [2.45, 2.75) is 26.2 Å². The zero-order chi connectivity index (χ0) is 10.8. The molecule has 0 heterocycles. The summed E-state index contributed by atoms with van der Waals surface area (Å²) in [5.74, 6) is 0.158. The van der Waals surface area contributed by atoms with Gasteiger partial charge in [-0.15, -0.1) is 0 Å². The molecule has 78 valence electrons. The lowest BCUT2D eigenvalue weighted by Gasteiger charge is -2.18. The standard InChI is InChI=1S/C13H13BrO/c1-9(15)6-10-2-3-12-8-13(14)5-4-11(12)7-10/h4-6,8H,2-3,7H2,1H3/b10-6-. The molecule has 1 nitrogen and oxygen atoms in total. The SMILES string of the molecule is CC(=O)/C=C1/CCc2cc(Br)ccc2C1. The van der Waals surface area contributed by atoms with Gasteiger partial charge in [0.05, 0.1) is 0 Å². The molecule has 0 radical (unpaired) electrons. The summed E-state index contributed by atoms with van der Waals surface area (Å²) in [5.41, 5.74) is 4.03. The van der Waals surface area contributed by atoms with Crippen molar-refractivity contribution in [3.05, 3.63) is 45.4 Å². The maximum absolute atomic E-state index is 11.0. The van der Waals surface area contributed by atoms with E-state index in [9.17, 15) is 4.79 Å². The highest BCUT2D eigenvalue weighted by Gasteiger charge is 2.13. The van der Waals surface area contributed by atoms with E-state index in [0.29, 0.717) is 0 Å². The van der Waals surface area contributed by atoms with Crippen molar-refractivity contribution in [2.75, 3.05) is 0 Å². The lowest BCUT2D eigenvalue weighted by Crippen LogP contribution is -2.06. The number of hydrogen-bond acceptors (Lipinski definition) is 1. The number of hydrogen-bond donors (Lipinski definition) is 0. The number of carbonyl (C=O) groups excluding carboxylic acids is 1. The third-order valence-corrected chi connectivity index (χ3v) is 3.20. The fraction of sp³-hybridized carbons (Fsp3) is 0.308. The minimum absolute atomic E-state index is 0.158. The van der Waals surface area contributed by atoms with E-state index in [1.165, 1.54) is 16.7 Å². The molecule has 1 aliphatic carbocycles. The van der Waals surface area contributed by atoms with Crippen LogP contribution in [0.15, 0.2) is 34.3 Å². The summed E-state index contributed by atoms with van der Waals surface area (Å²) in [6.45, 7) is 1.62. The van der Waals surface area contributed by atoms with Crippen LogP contribution in [-0.2, 0) is 17.6 Å². The molecular formula is C13H13BrO. The Morgan fingerprint density at radius 1 is 1.33 bits per heavy atom. The molecule has 2 heteroatoms. The molecular weight excluding hydrogens is 252 g/mol. The molecule has 1 aromatic carbocycles. The normalized spacial score (nSPS) is 17.6. The number of aryl methyl sites for hydroxylation is 1. The largest absolute Gasteiger partial charge is 0.295 e. The maximum atomic E-state index is 11.0. The molecule has 1 aromatic rings. The first-order chi connectivity index (χ1) is 7.15. The summed E-state index contributed by atoms with van der Waals surface area (Å²) < 4.78 is 1.14. The van der Waals surface area contributed by atoms with Crippen LogP contribution >= 0.6 is 15.9 Å². The second-order valence-corrected chi connectivity index (χ2v) is 4.92. The van der Waals surface area contributed by atoms with Gasteiger partial charge in [-0.2, -0.15) is 0 Å². The van der Waals surface area contributed by atoms with Gasteiger partial charge in [-0.25, -0.2) is 0 Å². The maximum Gasteiger partial charge on any atom is 0.152 e. The van der Waals surface area contributed by atoms with Crippen molar-refractivity contribution in [1.82, 2.24) is 0 Å². The molecule has 0 aliphatic heterocycles. The summed E-state index contributed by atoms with van der Waals surface area (Å²) in [6.07, 6.45) is 4.78. The fourth-order valence-electron chi connectivity index (χ4n) is 2.04. The molecule has 0 amide bonds. The van der Waals surface area contributed by atoms with E-state index < -0.39 is 0 Å². The van der Waals surface area contributed by atoms with Gasteiger partial charge in [0.1, 0.15) is 0 Å². The third-order valence-electron chi connectivity index (χ3n) is 2.71. The zero-order valence-electron chi connectivity index (χ0n) is 8.72. The van der Waals surface area contributed by atoms with Gasteiger partial charge < -0.3 is 0 Å². The van der Waals surface area contributed by atoms with E-state index in [4.69, 9.17) is 0 Å². The first-order valence-electron chi connectivity index (χ1n) is 5.12. The van der Waals surface area contributed by atoms with Crippen molar-refractivity contribution in [2.24, 2.45) is 0 Å². The van der Waals surface area contributed by atoms with Gasteiger partial charge in [-0.3, -0.25) is 4.79 Å². The second kappa shape index (κ2) is 4.31. The molecule has 0 spiro atoms. The minimum Gasteiger partial charge on any atom is -0.295 e. The summed E-state index contributed by atoms with van der Waals surface area (Å²) in [5, 5.41) is 0. The Morgan fingerprint density at radius 2 is 2.13 bits per heavy atom. The molecule has 15 heavy (non-hydrogen) atoms. The predicted octanol–water partition coefficient (Wildman–Crippen LogP) is 3.45. The van der Waals surface area contributed by atoms with Crippen molar-refractivity contribution in [3.63, 3.8) is 0 Å². The summed E-state index contributed by atoms with van der Waals surface area (Å²) in [7, 11) is 0. The third kappa shape index (κ3) is 2.57. The minimum atomic E-state index is 0.158. The van der Waals surface area contributed by atoms with Gasteiger partial charge in [0.2, 0.25) is 0 Å². The van der Waals surface area contributed by atoms with E-state index >= 15 is 0 Å². The number of allylic oxidation sites excluding steroid dienone is 2. The van der Waals surface area contributed by atoms with Crippen LogP contribution in [-0.4, -0.2) is 5.78 Å². The summed E-state index contributed by atoms with van der Waals surface area (Å²) >= 11 is 3.48. The highest BCUT2D eigenvalue weighted by atomic mass is 79.9. The van der Waals surface area contributed by atoms with Crippen molar-refractivity contribution < 1.29 is 4.79 Å². The van der Waals surface area contributed by atoms with Gasteiger partial charge in [0.15, 0.2) is 5.78 Å². The van der Waals surface area contributed by atoms with Gasteiger partial charge in [0, 0.05) is 4.47 Å². The molecule has 0 saturated heterocycles. The molecule has 0 fully saturated rings. The van der Waals surface area contributed by atoms with Gasteiger partial charge >= 0.3 is 0 Å². The van der Waals surface area contributed by atoms with Crippen LogP contribution in [0.25, 0.3) is 0 Å². The van der Waals surface area contributed by atoms with E-state index in [1.807, 2.05) is 0 Å². The first kappa shape index (κ1) is 10.6. The Balaban J connectivity index is 2.28. The van der Waals surface area contributed by atoms with Crippen molar-refractivity contribution in [3.8, 4) is 0 Å². The molecule has 0 aromatic heterocycles. The van der Waals surface area contributed by atoms with Crippen molar-refractivity contribution in [1.29, 1.82) is 0 Å². The smallest absolute Gasteiger partial charge is 0.152 e. The van der Waals surface area contributed by atoms with E-state index in [1.54, 1.807) is 13.0 Å². The molecule has 0 unspecified atom stereocenters. The molecule has 0 saturated carbocycles. The van der Waals surface area contributed by atoms with E-state index in [2.05, 4.69) is 34.1 Å². The van der Waals surface area contributed by atoms with Crippen LogP contribution in [0.2, 0.25) is 0 Å². The first-order valence-corrected chi connectivity index (χ1v) is 5.92. The number of halogens is 1. The highest BCUT2D eigenvalue weighted by molar-refractivity contribution is 9.10. The Morgan fingerprint density at radius 3 is 2.87 bits per heavy atom. The molecule has 0 N–H and O–H groups in total. The number of rotatable bonds is 1. The van der Waals surface area contributed by atoms with Crippen molar-refractivity contribution >= 4 is 21.7 Å². The van der Waals surface area contributed by atoms with Crippen LogP contribution in [0.3, 0.4) is 0 Å². The van der Waals surface area contributed by atoms with Crippen LogP contribution in [0, 0.1) is 0 Å². The fourth-order valence-corrected chi connectivity index (χ4v) is 2.45. The van der Waals surface area contributed by atoms with Crippen LogP contribution in [0.4, 0.5) is 0 Å². The number of ketones is 1. The zero-order valence-corrected chi connectivity index (χ0v) is 10.3. The van der Waals surface area contributed by atoms with Crippen LogP contribution in [0.5, 0.6) is 0 Å². The average molecular weight is 265 g/mol. The average Bonchev–Trinajstić information content (AvgIpc) is 2.17. The molecule has 0 bridgehead atoms. The van der Waals surface area contributed by atoms with Gasteiger partial charge in [-0.05, 0) is 55.5 Å². The number of benzene rings is 1. The predicted molar refractivity (Wildman–Crippen MR) is 64.9 cm³/mol. The Labute approximate surface area is 98.3 Å². The van der Waals surface area contributed by atoms with Gasteiger partial charge in [-0.1, -0.05) is 27.6 Å². The Hall–Kier alpha value is -0.890. The molecule has 2 rings (SSSR count). The second-order valence-electron chi connectivity index (χ2n) is 4.00. The Bertz CT molecular complexity index is 432. The lowest BCUT2D eigenvalue weighted by atomic mass is 9.87. The monoisotopic (exact) mass is 264 g/mol. The van der Waals surface area contributed by atoms with E-state index in [-0.39, 0.29) is 5.78 Å². The topological polar surface area (TPSA) is 17.1 Å². The van der Waals surface area contributed by atoms with E-state index in [0.717, 1.165) is 23.7 Å². The quantitative estimate of drug-likeness (QED) is 0.711. The lowest BCUT2D eigenvalue weighted by molar-refractivity contribution is -0.112. The summed E-state index contributed by atoms with van der Waals surface area (Å²) in [6, 6.07) is 6.39.